The molecule has 0 N–H and O–H groups in total. The van der Waals surface area contributed by atoms with Crippen LogP contribution in [0.1, 0.15) is 463 Å². The van der Waals surface area contributed by atoms with Crippen molar-refractivity contribution < 1.29 is 42.1 Å². The highest BCUT2D eigenvalue weighted by atomic mass is 31.2. The van der Waals surface area contributed by atoms with E-state index in [1.807, 2.05) is 21.1 Å². The van der Waals surface area contributed by atoms with Gasteiger partial charge in [0.2, 0.25) is 0 Å². The number of ether oxygens (including phenoxy) is 2. The lowest BCUT2D eigenvalue weighted by Gasteiger charge is -2.28. The standard InChI is InChI=1S/C86H168NO8P/c1-6-8-10-12-14-16-18-20-22-24-26-28-30-32-34-36-38-39-40-41-42-43-44-45-46-47-49-51-53-55-57-59-61-63-65-67-69-71-73-75-77-79-86(89)95-84(83-94-96(90,91)93-81-80-87(3,4)5)82-92-85(88)78-76-74-72-70-68-66-64-62-60-58-56-54-52-50-48-37-35-33-31-29-27-25-23-21-19-17-15-13-11-9-7-2/h18,20,24,26,84H,6-17,19,21-23,25,27-83H2,1-5H3/b20-18-,26-24-. The quantitative estimate of drug-likeness (QED) is 0.0195. The minimum Gasteiger partial charge on any atom is -0.756 e. The van der Waals surface area contributed by atoms with Crippen LogP contribution in [0.4, 0.5) is 0 Å². The Bertz CT molecular complexity index is 1660. The summed E-state index contributed by atoms with van der Waals surface area (Å²) in [6, 6.07) is 0. The van der Waals surface area contributed by atoms with E-state index in [2.05, 4.69) is 38.2 Å². The number of likely N-dealkylation sites (N-methyl/N-ethyl adjacent to an activating group) is 1. The van der Waals surface area contributed by atoms with Crippen molar-refractivity contribution in [3.63, 3.8) is 0 Å². The molecule has 0 aliphatic rings. The van der Waals surface area contributed by atoms with E-state index < -0.39 is 26.5 Å². The van der Waals surface area contributed by atoms with Gasteiger partial charge in [-0.05, 0) is 44.9 Å². The first-order valence-corrected chi connectivity index (χ1v) is 44.5. The van der Waals surface area contributed by atoms with Gasteiger partial charge in [0.05, 0.1) is 27.7 Å². The van der Waals surface area contributed by atoms with E-state index in [4.69, 9.17) is 18.5 Å². The van der Waals surface area contributed by atoms with Crippen molar-refractivity contribution in [2.45, 2.75) is 469 Å². The number of allylic oxidation sites excluding steroid dienone is 4. The predicted octanol–water partition coefficient (Wildman–Crippen LogP) is 28.1. The molecule has 0 radical (unpaired) electrons. The van der Waals surface area contributed by atoms with Gasteiger partial charge in [-0.1, -0.05) is 430 Å². The van der Waals surface area contributed by atoms with Gasteiger partial charge in [0.25, 0.3) is 7.82 Å². The van der Waals surface area contributed by atoms with Gasteiger partial charge in [-0.15, -0.1) is 0 Å². The fourth-order valence-electron chi connectivity index (χ4n) is 13.4. The Morgan fingerprint density at radius 3 is 0.823 bits per heavy atom. The molecule has 0 saturated carbocycles. The Morgan fingerprint density at radius 1 is 0.323 bits per heavy atom. The number of phosphoric ester groups is 1. The third-order valence-electron chi connectivity index (χ3n) is 20.0. The van der Waals surface area contributed by atoms with Gasteiger partial charge >= 0.3 is 11.9 Å². The van der Waals surface area contributed by atoms with E-state index in [1.165, 1.54) is 392 Å². The third-order valence-corrected chi connectivity index (χ3v) is 20.9. The molecule has 0 saturated heterocycles. The van der Waals surface area contributed by atoms with E-state index in [0.717, 1.165) is 38.5 Å². The second kappa shape index (κ2) is 77.6. The Morgan fingerprint density at radius 2 is 0.562 bits per heavy atom. The predicted molar refractivity (Wildman–Crippen MR) is 416 cm³/mol. The summed E-state index contributed by atoms with van der Waals surface area (Å²) in [6.45, 7) is 4.33. The number of carbonyl (C=O) groups excluding carboxylic acids is 2. The molecule has 0 rings (SSSR count). The lowest BCUT2D eigenvalue weighted by molar-refractivity contribution is -0.870. The first-order chi connectivity index (χ1) is 47.0. The molecule has 9 nitrogen and oxygen atoms in total. The normalized spacial score (nSPS) is 13.0. The fourth-order valence-corrected chi connectivity index (χ4v) is 14.1. The first kappa shape index (κ1) is 94.5. The van der Waals surface area contributed by atoms with Crippen molar-refractivity contribution in [3.8, 4) is 0 Å². The number of esters is 2. The molecule has 2 atom stereocenters. The number of nitrogens with zero attached hydrogens (tertiary/aromatic N) is 1. The van der Waals surface area contributed by atoms with Gasteiger partial charge in [0, 0.05) is 12.8 Å². The van der Waals surface area contributed by atoms with Crippen molar-refractivity contribution in [1.29, 1.82) is 0 Å². The molecule has 0 bridgehead atoms. The SMILES string of the molecule is CCCCCCC/C=C\C/C=C\CCCCCCCCCCCCCCCCCCCCCCCCCCCCCCCC(=O)OC(COC(=O)CCCCCCCCCCCCCCCCCCCCCCCCCCCCCCCCC)COP(=O)([O-])OCC[N+](C)(C)C. The molecule has 96 heavy (non-hydrogen) atoms. The zero-order valence-electron chi connectivity index (χ0n) is 65.4. The maximum Gasteiger partial charge on any atom is 0.306 e. The number of hydrogen-bond acceptors (Lipinski definition) is 8. The summed E-state index contributed by atoms with van der Waals surface area (Å²) < 4.78 is 34.5. The van der Waals surface area contributed by atoms with Gasteiger partial charge in [0.1, 0.15) is 19.8 Å². The molecule has 0 amide bonds. The summed E-state index contributed by atoms with van der Waals surface area (Å²) in [6.07, 6.45) is 101. The van der Waals surface area contributed by atoms with Crippen LogP contribution in [0.5, 0.6) is 0 Å². The number of quaternary nitrogens is 1. The summed E-state index contributed by atoms with van der Waals surface area (Å²) in [4.78, 5) is 38.2. The zero-order chi connectivity index (χ0) is 69.7. The molecular formula is C86H168NO8P. The van der Waals surface area contributed by atoms with Gasteiger partial charge < -0.3 is 27.9 Å². The molecule has 0 aliphatic carbocycles. The monoisotopic (exact) mass is 1370 g/mol. The number of carbonyl (C=O) groups is 2. The van der Waals surface area contributed by atoms with Crippen molar-refractivity contribution in [2.75, 3.05) is 47.5 Å². The minimum absolute atomic E-state index is 0.0257. The van der Waals surface area contributed by atoms with E-state index in [-0.39, 0.29) is 32.0 Å². The molecule has 0 aromatic heterocycles. The van der Waals surface area contributed by atoms with E-state index in [9.17, 15) is 19.0 Å². The molecule has 0 fully saturated rings. The highest BCUT2D eigenvalue weighted by Crippen LogP contribution is 2.38. The molecule has 570 valence electrons. The topological polar surface area (TPSA) is 111 Å². The van der Waals surface area contributed by atoms with E-state index in [0.29, 0.717) is 17.4 Å². The van der Waals surface area contributed by atoms with Crippen LogP contribution in [-0.4, -0.2) is 70.0 Å². The maximum atomic E-state index is 12.9. The van der Waals surface area contributed by atoms with Crippen molar-refractivity contribution in [2.24, 2.45) is 0 Å². The third kappa shape index (κ3) is 81.5. The summed E-state index contributed by atoms with van der Waals surface area (Å²) in [5.74, 6) is -0.802. The van der Waals surface area contributed by atoms with Crippen LogP contribution in [0.3, 0.4) is 0 Å². The highest BCUT2D eigenvalue weighted by molar-refractivity contribution is 7.45. The van der Waals surface area contributed by atoms with Crippen LogP contribution in [0.15, 0.2) is 24.3 Å². The maximum absolute atomic E-state index is 12.9. The van der Waals surface area contributed by atoms with Gasteiger partial charge in [-0.3, -0.25) is 14.2 Å². The largest absolute Gasteiger partial charge is 0.756 e. The van der Waals surface area contributed by atoms with Crippen molar-refractivity contribution in [1.82, 2.24) is 0 Å². The second-order valence-corrected chi connectivity index (χ2v) is 32.3. The lowest BCUT2D eigenvalue weighted by Crippen LogP contribution is -2.37. The number of hydrogen-bond donors (Lipinski definition) is 0. The molecular weight excluding hydrogens is 1210 g/mol. The fraction of sp³-hybridized carbons (Fsp3) is 0.930. The molecule has 0 heterocycles. The van der Waals surface area contributed by atoms with Crippen LogP contribution in [0, 0.1) is 0 Å². The van der Waals surface area contributed by atoms with Crippen molar-refractivity contribution >= 4 is 19.8 Å². The first-order valence-electron chi connectivity index (χ1n) is 43.0. The van der Waals surface area contributed by atoms with Crippen LogP contribution in [0.2, 0.25) is 0 Å². The Labute approximate surface area is 599 Å². The summed E-state index contributed by atoms with van der Waals surface area (Å²) >= 11 is 0. The van der Waals surface area contributed by atoms with Crippen LogP contribution < -0.4 is 4.89 Å². The zero-order valence-corrected chi connectivity index (χ0v) is 66.3. The average molecular weight is 1380 g/mol. The number of unbranched alkanes of at least 4 members (excludes halogenated alkanes) is 64. The van der Waals surface area contributed by atoms with Gasteiger partial charge in [0.15, 0.2) is 6.10 Å². The minimum atomic E-state index is -4.64. The van der Waals surface area contributed by atoms with Crippen LogP contribution >= 0.6 is 7.82 Å². The molecule has 0 aromatic carbocycles. The summed E-state index contributed by atoms with van der Waals surface area (Å²) in [5, 5.41) is 0. The van der Waals surface area contributed by atoms with E-state index in [1.54, 1.807) is 0 Å². The van der Waals surface area contributed by atoms with Crippen LogP contribution in [-0.2, 0) is 32.7 Å². The van der Waals surface area contributed by atoms with Crippen LogP contribution in [0.25, 0.3) is 0 Å². The second-order valence-electron chi connectivity index (χ2n) is 30.9. The molecule has 0 aromatic rings. The van der Waals surface area contributed by atoms with Gasteiger partial charge in [-0.2, -0.15) is 0 Å². The summed E-state index contributed by atoms with van der Waals surface area (Å²) in [7, 11) is 1.20. The average Bonchev–Trinajstić information content (AvgIpc) is 2.54. The molecule has 0 aliphatic heterocycles. The lowest BCUT2D eigenvalue weighted by atomic mass is 10.0. The smallest absolute Gasteiger partial charge is 0.306 e. The number of rotatable bonds is 82. The Balaban J connectivity index is 3.84. The van der Waals surface area contributed by atoms with Crippen molar-refractivity contribution in [3.05, 3.63) is 24.3 Å². The van der Waals surface area contributed by atoms with Gasteiger partial charge in [-0.25, -0.2) is 0 Å². The summed E-state index contributed by atoms with van der Waals surface area (Å²) in [5.41, 5.74) is 0. The molecule has 10 heteroatoms. The Kier molecular flexibility index (Phi) is 76.4. The Hall–Kier alpha value is -1.51. The van der Waals surface area contributed by atoms with E-state index >= 15 is 0 Å². The molecule has 2 unspecified atom stereocenters. The molecule has 0 spiro atoms. The highest BCUT2D eigenvalue weighted by Gasteiger charge is 2.22. The number of phosphoric acid groups is 1.